The van der Waals surface area contributed by atoms with Crippen LogP contribution < -0.4 is 5.32 Å². The van der Waals surface area contributed by atoms with Crippen molar-refractivity contribution in [1.82, 2.24) is 10.3 Å². The number of aryl methyl sites for hydroxylation is 2. The van der Waals surface area contributed by atoms with Crippen molar-refractivity contribution in [2.45, 2.75) is 33.4 Å². The van der Waals surface area contributed by atoms with Gasteiger partial charge in [-0.15, -0.1) is 11.3 Å². The molecule has 2 aromatic rings. The van der Waals surface area contributed by atoms with Crippen LogP contribution in [0.1, 0.15) is 34.9 Å². The van der Waals surface area contributed by atoms with Gasteiger partial charge >= 0.3 is 0 Å². The van der Waals surface area contributed by atoms with Gasteiger partial charge in [0.15, 0.2) is 0 Å². The van der Waals surface area contributed by atoms with Crippen LogP contribution in [0.15, 0.2) is 22.2 Å². The van der Waals surface area contributed by atoms with Gasteiger partial charge in [-0.1, -0.05) is 0 Å². The Bertz CT molecular complexity index is 448. The first-order chi connectivity index (χ1) is 7.66. The SMILES string of the molecule is Cc1cc(C(C)NCc2cncs2)c(C)o1. The lowest BCUT2D eigenvalue weighted by Crippen LogP contribution is -2.17. The molecule has 0 aliphatic rings. The quantitative estimate of drug-likeness (QED) is 0.885. The average Bonchev–Trinajstić information content (AvgIpc) is 2.84. The molecule has 4 heteroatoms. The monoisotopic (exact) mass is 236 g/mol. The van der Waals surface area contributed by atoms with Crippen molar-refractivity contribution in [1.29, 1.82) is 0 Å². The molecular formula is C12H16N2OS. The lowest BCUT2D eigenvalue weighted by molar-refractivity contribution is 0.490. The molecule has 0 spiro atoms. The first-order valence-corrected chi connectivity index (χ1v) is 6.22. The maximum absolute atomic E-state index is 5.52. The zero-order valence-corrected chi connectivity index (χ0v) is 10.6. The van der Waals surface area contributed by atoms with Gasteiger partial charge in [0.05, 0.1) is 5.51 Å². The van der Waals surface area contributed by atoms with Crippen LogP contribution in [0.5, 0.6) is 0 Å². The molecule has 2 heterocycles. The molecule has 1 atom stereocenters. The number of furan rings is 1. The fourth-order valence-electron chi connectivity index (χ4n) is 1.77. The first-order valence-electron chi connectivity index (χ1n) is 5.34. The highest BCUT2D eigenvalue weighted by Crippen LogP contribution is 2.21. The minimum Gasteiger partial charge on any atom is -0.466 e. The molecule has 0 aliphatic carbocycles. The topological polar surface area (TPSA) is 38.1 Å². The Labute approximate surface area is 99.5 Å². The molecule has 1 N–H and O–H groups in total. The number of nitrogens with one attached hydrogen (secondary N) is 1. The Morgan fingerprint density at radius 2 is 2.31 bits per heavy atom. The number of thiazole rings is 1. The second-order valence-corrected chi connectivity index (χ2v) is 4.91. The van der Waals surface area contributed by atoms with Crippen LogP contribution >= 0.6 is 11.3 Å². The summed E-state index contributed by atoms with van der Waals surface area (Å²) in [6, 6.07) is 2.40. The molecular weight excluding hydrogens is 220 g/mol. The maximum Gasteiger partial charge on any atom is 0.105 e. The van der Waals surface area contributed by atoms with E-state index in [1.165, 1.54) is 10.4 Å². The Hall–Kier alpha value is -1.13. The van der Waals surface area contributed by atoms with Gasteiger partial charge in [0.25, 0.3) is 0 Å². The predicted octanol–water partition coefficient (Wildman–Crippen LogP) is 3.20. The van der Waals surface area contributed by atoms with E-state index in [2.05, 4.69) is 23.3 Å². The Morgan fingerprint density at radius 1 is 1.50 bits per heavy atom. The molecule has 16 heavy (non-hydrogen) atoms. The van der Waals surface area contributed by atoms with Crippen molar-refractivity contribution in [2.75, 3.05) is 0 Å². The molecule has 0 bridgehead atoms. The molecule has 2 rings (SSSR count). The predicted molar refractivity (Wildman–Crippen MR) is 65.6 cm³/mol. The summed E-state index contributed by atoms with van der Waals surface area (Å²) in [5, 5.41) is 3.47. The second kappa shape index (κ2) is 4.80. The van der Waals surface area contributed by atoms with Gasteiger partial charge in [0, 0.05) is 29.2 Å². The Balaban J connectivity index is 1.98. The standard InChI is InChI=1S/C12H16N2OS/c1-8-4-12(10(3)15-8)9(2)14-6-11-5-13-7-16-11/h4-5,7,9,14H,6H2,1-3H3. The largest absolute Gasteiger partial charge is 0.466 e. The van der Waals surface area contributed by atoms with Gasteiger partial charge < -0.3 is 9.73 Å². The van der Waals surface area contributed by atoms with Crippen LogP contribution in [0.4, 0.5) is 0 Å². The van der Waals surface area contributed by atoms with E-state index in [1.54, 1.807) is 11.3 Å². The zero-order valence-electron chi connectivity index (χ0n) is 9.78. The fraction of sp³-hybridized carbons (Fsp3) is 0.417. The molecule has 0 aliphatic heterocycles. The fourth-order valence-corrected chi connectivity index (χ4v) is 2.32. The van der Waals surface area contributed by atoms with E-state index in [0.717, 1.165) is 18.1 Å². The molecule has 0 saturated carbocycles. The average molecular weight is 236 g/mol. The van der Waals surface area contributed by atoms with Crippen molar-refractivity contribution >= 4 is 11.3 Å². The first kappa shape index (κ1) is 11.4. The molecule has 86 valence electrons. The maximum atomic E-state index is 5.52. The summed E-state index contributed by atoms with van der Waals surface area (Å²) in [5.74, 6) is 1.97. The number of rotatable bonds is 4. The van der Waals surface area contributed by atoms with Crippen molar-refractivity contribution in [3.05, 3.63) is 39.7 Å². The van der Waals surface area contributed by atoms with Crippen LogP contribution in [-0.2, 0) is 6.54 Å². The summed E-state index contributed by atoms with van der Waals surface area (Å²) in [4.78, 5) is 5.31. The molecule has 0 aromatic carbocycles. The van der Waals surface area contributed by atoms with Crippen LogP contribution in [0.3, 0.4) is 0 Å². The summed E-state index contributed by atoms with van der Waals surface area (Å²) in [6.45, 7) is 6.99. The van der Waals surface area contributed by atoms with Crippen molar-refractivity contribution in [3.63, 3.8) is 0 Å². The van der Waals surface area contributed by atoms with E-state index in [-0.39, 0.29) is 0 Å². The highest BCUT2D eigenvalue weighted by molar-refractivity contribution is 7.09. The molecule has 3 nitrogen and oxygen atoms in total. The second-order valence-electron chi connectivity index (χ2n) is 3.94. The van der Waals surface area contributed by atoms with E-state index < -0.39 is 0 Å². The van der Waals surface area contributed by atoms with Gasteiger partial charge in [-0.05, 0) is 26.8 Å². The van der Waals surface area contributed by atoms with Crippen LogP contribution in [0.25, 0.3) is 0 Å². The molecule has 0 amide bonds. The van der Waals surface area contributed by atoms with E-state index >= 15 is 0 Å². The lowest BCUT2D eigenvalue weighted by atomic mass is 10.1. The molecule has 0 fully saturated rings. The van der Waals surface area contributed by atoms with Crippen LogP contribution in [-0.4, -0.2) is 4.98 Å². The Morgan fingerprint density at radius 3 is 2.88 bits per heavy atom. The summed E-state index contributed by atoms with van der Waals surface area (Å²) in [6.07, 6.45) is 1.90. The highest BCUT2D eigenvalue weighted by Gasteiger charge is 2.12. The van der Waals surface area contributed by atoms with Gasteiger partial charge in [-0.2, -0.15) is 0 Å². The van der Waals surface area contributed by atoms with Crippen LogP contribution in [0.2, 0.25) is 0 Å². The third-order valence-corrected chi connectivity index (χ3v) is 3.39. The molecule has 1 unspecified atom stereocenters. The van der Waals surface area contributed by atoms with Crippen molar-refractivity contribution in [3.8, 4) is 0 Å². The van der Waals surface area contributed by atoms with Crippen LogP contribution in [0, 0.1) is 13.8 Å². The third kappa shape index (κ3) is 2.51. The lowest BCUT2D eigenvalue weighted by Gasteiger charge is -2.11. The minimum absolute atomic E-state index is 0.305. The van der Waals surface area contributed by atoms with E-state index in [0.29, 0.717) is 6.04 Å². The number of hydrogen-bond donors (Lipinski definition) is 1. The van der Waals surface area contributed by atoms with Gasteiger partial charge in [-0.3, -0.25) is 4.98 Å². The normalized spacial score (nSPS) is 12.9. The van der Waals surface area contributed by atoms with E-state index in [9.17, 15) is 0 Å². The van der Waals surface area contributed by atoms with Crippen molar-refractivity contribution in [2.24, 2.45) is 0 Å². The highest BCUT2D eigenvalue weighted by atomic mass is 32.1. The van der Waals surface area contributed by atoms with E-state index in [1.807, 2.05) is 25.6 Å². The van der Waals surface area contributed by atoms with Gasteiger partial charge in [0.1, 0.15) is 11.5 Å². The number of nitrogens with zero attached hydrogens (tertiary/aromatic N) is 1. The number of hydrogen-bond acceptors (Lipinski definition) is 4. The third-order valence-electron chi connectivity index (χ3n) is 2.61. The zero-order chi connectivity index (χ0) is 11.5. The smallest absolute Gasteiger partial charge is 0.105 e. The summed E-state index contributed by atoms with van der Waals surface area (Å²) < 4.78 is 5.52. The van der Waals surface area contributed by atoms with Crippen molar-refractivity contribution < 1.29 is 4.42 Å². The summed E-state index contributed by atoms with van der Waals surface area (Å²) in [7, 11) is 0. The molecule has 2 aromatic heterocycles. The molecule has 0 saturated heterocycles. The number of aromatic nitrogens is 1. The molecule has 0 radical (unpaired) electrons. The van der Waals surface area contributed by atoms with Gasteiger partial charge in [-0.25, -0.2) is 0 Å². The van der Waals surface area contributed by atoms with E-state index in [4.69, 9.17) is 4.42 Å². The Kier molecular flexibility index (Phi) is 3.41. The minimum atomic E-state index is 0.305. The summed E-state index contributed by atoms with van der Waals surface area (Å²) in [5.41, 5.74) is 3.09. The summed E-state index contributed by atoms with van der Waals surface area (Å²) >= 11 is 1.67. The van der Waals surface area contributed by atoms with Gasteiger partial charge in [0.2, 0.25) is 0 Å².